The number of nitrogens with zero attached hydrogens (tertiary/aromatic N) is 11. The van der Waals surface area contributed by atoms with Crippen molar-refractivity contribution in [1.82, 2.24) is 59.9 Å². The van der Waals surface area contributed by atoms with E-state index in [0.29, 0.717) is 184 Å². The van der Waals surface area contributed by atoms with Gasteiger partial charge in [0.05, 0.1) is 105 Å². The van der Waals surface area contributed by atoms with Crippen LogP contribution < -0.4 is 59.7 Å². The van der Waals surface area contributed by atoms with Crippen molar-refractivity contribution in [2.45, 2.75) is 247 Å². The molecule has 8 bridgehead atoms. The van der Waals surface area contributed by atoms with Crippen LogP contribution in [0.15, 0.2) is 135 Å². The lowest BCUT2D eigenvalue weighted by Gasteiger charge is -2.39. The van der Waals surface area contributed by atoms with Gasteiger partial charge in [-0.25, -0.2) is 67.0 Å². The highest BCUT2D eigenvalue weighted by Gasteiger charge is 2.49. The summed E-state index contributed by atoms with van der Waals surface area (Å²) in [6.07, 6.45) is 20.7. The quantitative estimate of drug-likeness (QED) is 0.00910. The molecule has 0 saturated carbocycles. The van der Waals surface area contributed by atoms with E-state index in [2.05, 4.69) is 73.0 Å². The summed E-state index contributed by atoms with van der Waals surface area (Å²) in [5, 5.41) is 55.9. The number of aliphatic hydroxyl groups is 3. The molecule has 8 aliphatic rings. The van der Waals surface area contributed by atoms with Crippen molar-refractivity contribution >= 4 is 201 Å². The van der Waals surface area contributed by atoms with Crippen LogP contribution in [0, 0.1) is 23.3 Å². The normalized spacial score (nSPS) is 20.8. The minimum absolute atomic E-state index is 0.00558. The molecule has 796 valence electrons. The first kappa shape index (κ1) is 110. The SMILES string of the molecule is C=CC(=O)N1[C@@H]2CC[C@H]1CC(Oc1cc3c(Nc4ccc(Cl)c(Cl)c4F)ncnc3cc1OCCCO)C2.CC(C)(C)OC(=O)N1[C@@H]2CC[C@H]1CC(Oc1cc3c(Nc4ccc(Cl)c(Cl)c4F)ncnc3cc1O)C2.CC(C)(C)OC(=O)N1[C@@H]2CC[C@H]1CC(Oc1cc3c(Nc4ccc(Cl)c(Cl)c4F)ncnc3cc1OCCCO)C2.OCCCOc1cc2ncnc(Nc3ccc(Cl)c(Cl)c3F)c2cc1OC1C[C@H]2CC[C@@H](C1)N2. The van der Waals surface area contributed by atoms with Gasteiger partial charge in [0.25, 0.3) is 0 Å². The zero-order chi connectivity index (χ0) is 106. The van der Waals surface area contributed by atoms with Crippen LogP contribution >= 0.6 is 92.8 Å². The highest BCUT2D eigenvalue weighted by atomic mass is 35.5. The lowest BCUT2D eigenvalue weighted by Crippen LogP contribution is -2.50. The van der Waals surface area contributed by atoms with Gasteiger partial charge < -0.3 is 104 Å². The molecule has 0 aliphatic carbocycles. The number of fused-ring (bicyclic) bond motifs is 12. The number of aromatic nitrogens is 8. The standard InChI is InChI=1S/C29H33Cl2FN4O5.C27H27Cl2FN4O4.C26H27Cl2FN4O4.C24H25Cl2FN4O3/c1-29(2,3)41-28(38)36-16-5-6-17(36)12-18(11-16)40-24-13-19-22(14-23(24)39-10-4-9-37)33-15-34-27(19)35-21-8-7-20(30)25(31)26(21)32;1-2-24(36)34-15-4-5-16(34)11-17(10-15)38-23-12-18-21(13-22(23)37-9-3-8-35)31-14-32-27(18)33-20-7-6-19(28)25(29)26(20)30;1-26(2,3)37-25(35)33-13-4-5-14(33)9-15(8-13)36-21-10-16-19(11-20(21)34)30-12-31-24(16)32-18-7-6-17(27)22(28)23(18)29;25-17-4-5-18(23(27)22(17)26)31-24-16-10-21(34-15-8-13-2-3-14(9-15)30-13)20(33-7-1-6-32)11-19(16)28-12-29-24/h7-8,13-18,37H,4-6,9-12H2,1-3H3,(H,33,34,35);2,6-7,12-17,35H,1,3-5,8-11H2,(H,31,32,33);6-7,10-15,34H,4-5,8-9H2,1-3H3,(H,30,31,32);4-5,10-15,30,32H,1-3,6-9H2,(H,28,29,31)/t16-,17+,18?;15-,16+,17?;2*13-,14+,15?. The number of halogens is 12. The van der Waals surface area contributed by atoms with Crippen LogP contribution in [0.3, 0.4) is 0 Å². The van der Waals surface area contributed by atoms with E-state index < -0.39 is 34.5 Å². The third kappa shape index (κ3) is 25.8. The number of phenols is 1. The number of ether oxygens (including phenoxy) is 9. The number of amides is 3. The fraction of sp³-hybridized carbons (Fsp3) is 0.425. The van der Waals surface area contributed by atoms with Crippen LogP contribution in [0.2, 0.25) is 40.2 Å². The van der Waals surface area contributed by atoms with E-state index in [1.807, 2.05) is 62.3 Å². The fourth-order valence-electron chi connectivity index (χ4n) is 20.3. The average Bonchev–Trinajstić information content (AvgIpc) is 1.70. The third-order valence-electron chi connectivity index (χ3n) is 27.0. The Bertz CT molecular complexity index is 6950. The van der Waals surface area contributed by atoms with Crippen molar-refractivity contribution in [1.29, 1.82) is 0 Å². The van der Waals surface area contributed by atoms with Crippen molar-refractivity contribution in [2.75, 3.05) is 60.9 Å². The predicted molar refractivity (Wildman–Crippen MR) is 568 cm³/mol. The number of hydrogen-bond acceptors (Lipinski definition) is 29. The molecular formula is C106H112Cl8F4N16O16. The number of aromatic hydroxyl groups is 1. The molecule has 8 aromatic carbocycles. The van der Waals surface area contributed by atoms with Crippen LogP contribution in [-0.2, 0) is 14.3 Å². The first-order chi connectivity index (χ1) is 71.9. The Labute approximate surface area is 902 Å². The van der Waals surface area contributed by atoms with E-state index in [4.69, 9.17) is 141 Å². The largest absolute Gasteiger partial charge is 0.504 e. The molecule has 12 aromatic rings. The topological polar surface area (TPSA) is 388 Å². The van der Waals surface area contributed by atoms with E-state index >= 15 is 0 Å². The number of carbonyl (C=O) groups excluding carboxylic acids is 3. The molecule has 9 N–H and O–H groups in total. The summed E-state index contributed by atoms with van der Waals surface area (Å²) >= 11 is 47.6. The van der Waals surface area contributed by atoms with E-state index in [9.17, 15) is 47.3 Å². The summed E-state index contributed by atoms with van der Waals surface area (Å²) in [5.41, 5.74) is 1.49. The fourth-order valence-corrected chi connectivity index (χ4v) is 21.5. The number of aliphatic hydroxyl groups excluding tert-OH is 3. The lowest BCUT2D eigenvalue weighted by molar-refractivity contribution is -0.131. The second kappa shape index (κ2) is 48.1. The van der Waals surface area contributed by atoms with Gasteiger partial charge in [0.2, 0.25) is 5.91 Å². The zero-order valence-electron chi connectivity index (χ0n) is 82.6. The number of anilines is 8. The van der Waals surface area contributed by atoms with Gasteiger partial charge in [-0.05, 0) is 185 Å². The van der Waals surface area contributed by atoms with E-state index in [1.54, 1.807) is 36.4 Å². The third-order valence-corrected chi connectivity index (χ3v) is 30.1. The number of hydrogen-bond donors (Lipinski definition) is 9. The molecule has 8 fully saturated rings. The summed E-state index contributed by atoms with van der Waals surface area (Å²) < 4.78 is 114. The Morgan fingerprint density at radius 2 is 0.647 bits per heavy atom. The molecule has 0 spiro atoms. The Balaban J connectivity index is 0.000000136. The molecule has 8 aliphatic heterocycles. The average molecular weight is 2230 g/mol. The lowest BCUT2D eigenvalue weighted by atomic mass is 9.99. The van der Waals surface area contributed by atoms with Gasteiger partial charge >= 0.3 is 12.2 Å². The Kier molecular flexibility index (Phi) is 35.1. The molecule has 8 saturated heterocycles. The second-order valence-corrected chi connectivity index (χ2v) is 42.8. The monoisotopic (exact) mass is 2220 g/mol. The van der Waals surface area contributed by atoms with Crippen LogP contribution in [-0.4, -0.2) is 217 Å². The smallest absolute Gasteiger partial charge is 0.410 e. The maximum Gasteiger partial charge on any atom is 0.410 e. The number of carbonyl (C=O) groups is 3. The van der Waals surface area contributed by atoms with Crippen LogP contribution in [0.25, 0.3) is 43.6 Å². The summed E-state index contributed by atoms with van der Waals surface area (Å²) in [6.45, 7) is 15.7. The first-order valence-electron chi connectivity index (χ1n) is 49.5. The molecule has 12 atom stereocenters. The number of piperidine rings is 4. The van der Waals surface area contributed by atoms with Gasteiger partial charge in [0.15, 0.2) is 69.3 Å². The molecule has 0 radical (unpaired) electrons. The van der Waals surface area contributed by atoms with Gasteiger partial charge in [0.1, 0.15) is 84.2 Å². The van der Waals surface area contributed by atoms with Gasteiger partial charge in [0, 0.05) is 172 Å². The molecule has 20 rings (SSSR count). The molecule has 4 unspecified atom stereocenters. The van der Waals surface area contributed by atoms with E-state index in [1.165, 1.54) is 98.8 Å². The van der Waals surface area contributed by atoms with Crippen LogP contribution in [0.5, 0.6) is 46.0 Å². The van der Waals surface area contributed by atoms with Gasteiger partial charge in [-0.15, -0.1) is 0 Å². The van der Waals surface area contributed by atoms with Gasteiger partial charge in [-0.1, -0.05) is 99.4 Å². The minimum atomic E-state index is -0.705. The van der Waals surface area contributed by atoms with Crippen molar-refractivity contribution < 1.29 is 95.0 Å². The molecular weight excluding hydrogens is 2110 g/mol. The van der Waals surface area contributed by atoms with Crippen LogP contribution in [0.4, 0.5) is 73.2 Å². The maximum atomic E-state index is 14.8. The van der Waals surface area contributed by atoms with Crippen molar-refractivity contribution in [3.05, 3.63) is 198 Å². The summed E-state index contributed by atoms with van der Waals surface area (Å²) in [4.78, 5) is 78.1. The molecule has 150 heavy (non-hydrogen) atoms. The van der Waals surface area contributed by atoms with Crippen molar-refractivity contribution in [3.8, 4) is 46.0 Å². The van der Waals surface area contributed by atoms with Crippen LogP contribution in [0.1, 0.15) is 164 Å². The van der Waals surface area contributed by atoms with Crippen molar-refractivity contribution in [2.24, 2.45) is 0 Å². The van der Waals surface area contributed by atoms with E-state index in [-0.39, 0.29) is 180 Å². The van der Waals surface area contributed by atoms with E-state index in [0.717, 1.165) is 51.4 Å². The number of nitrogens with one attached hydrogen (secondary N) is 5. The number of phenolic OH excluding ortho intramolecular Hbond substituents is 1. The summed E-state index contributed by atoms with van der Waals surface area (Å²) in [6, 6.07) is 26.9. The molecule has 12 heterocycles. The summed E-state index contributed by atoms with van der Waals surface area (Å²) in [7, 11) is 0. The molecule has 4 aromatic heterocycles. The second-order valence-electron chi connectivity index (χ2n) is 39.7. The van der Waals surface area contributed by atoms with Gasteiger partial charge in [-0.3, -0.25) is 4.79 Å². The number of rotatable bonds is 29. The zero-order valence-corrected chi connectivity index (χ0v) is 88.6. The highest BCUT2D eigenvalue weighted by Crippen LogP contribution is 2.50. The Hall–Kier alpha value is -11.7. The Morgan fingerprint density at radius 3 is 0.927 bits per heavy atom. The molecule has 3 amide bonds. The van der Waals surface area contributed by atoms with Crippen molar-refractivity contribution in [3.63, 3.8) is 0 Å². The van der Waals surface area contributed by atoms with Gasteiger partial charge in [-0.2, -0.15) is 0 Å². The maximum absolute atomic E-state index is 14.8. The molecule has 32 nitrogen and oxygen atoms in total. The summed E-state index contributed by atoms with van der Waals surface area (Å²) in [5.74, 6) is 1.83. The molecule has 44 heteroatoms. The number of benzene rings is 8. The Morgan fingerprint density at radius 1 is 0.380 bits per heavy atom. The predicted octanol–water partition coefficient (Wildman–Crippen LogP) is 24.6. The minimum Gasteiger partial charge on any atom is -0.504 e. The highest BCUT2D eigenvalue weighted by molar-refractivity contribution is 6.44. The first-order valence-corrected chi connectivity index (χ1v) is 52.5.